The number of para-hydroxylation sites is 1. The van der Waals surface area contributed by atoms with Gasteiger partial charge in [-0.15, -0.1) is 0 Å². The number of nitrogens with zero attached hydrogens (tertiary/aromatic N) is 1. The number of amides is 1. The van der Waals surface area contributed by atoms with E-state index in [1.165, 1.54) is 6.20 Å². The number of carbonyl (C=O) groups excluding carboxylic acids is 1. The molecule has 1 aromatic carbocycles. The molecule has 130 valence electrons. The largest absolute Gasteiger partial charge is 0.496 e. The fraction of sp³-hybridized carbons (Fsp3) is 0.444. The molecule has 6 heteroatoms. The lowest BCUT2D eigenvalue weighted by atomic mass is 9.97. The molecule has 1 amide bonds. The van der Waals surface area contributed by atoms with Gasteiger partial charge >= 0.3 is 0 Å². The third kappa shape index (κ3) is 3.59. The Balaban J connectivity index is 2.22. The third-order valence-corrected chi connectivity index (χ3v) is 4.46. The van der Waals surface area contributed by atoms with Gasteiger partial charge in [-0.05, 0) is 25.0 Å². The molecule has 1 N–H and O–H groups in total. The second-order valence-corrected chi connectivity index (χ2v) is 5.55. The monoisotopic (exact) mass is 332 g/mol. The summed E-state index contributed by atoms with van der Waals surface area (Å²) in [6.07, 6.45) is 3.04. The molecule has 1 heterocycles. The highest BCUT2D eigenvalue weighted by molar-refractivity contribution is 5.99. The minimum absolute atomic E-state index is 0.250. The zero-order valence-corrected chi connectivity index (χ0v) is 14.6. The predicted molar refractivity (Wildman–Crippen MR) is 91.1 cm³/mol. The summed E-state index contributed by atoms with van der Waals surface area (Å²) in [5.74, 6) is 0.762. The molecular weight excluding hydrogens is 308 g/mol. The van der Waals surface area contributed by atoms with Crippen LogP contribution in [0.5, 0.6) is 5.75 Å². The first-order chi connectivity index (χ1) is 11.6. The van der Waals surface area contributed by atoms with Gasteiger partial charge in [-0.3, -0.25) is 4.79 Å². The summed E-state index contributed by atoms with van der Waals surface area (Å²) in [4.78, 5) is 12.6. The molecule has 0 fully saturated rings. The van der Waals surface area contributed by atoms with Crippen LogP contribution in [0.1, 0.15) is 37.0 Å². The molecule has 2 rings (SSSR count). The van der Waals surface area contributed by atoms with E-state index >= 15 is 0 Å². The molecule has 0 spiro atoms. The first kappa shape index (κ1) is 18.0. The Morgan fingerprint density at radius 1 is 1.25 bits per heavy atom. The van der Waals surface area contributed by atoms with Gasteiger partial charge in [0.05, 0.1) is 24.5 Å². The van der Waals surface area contributed by atoms with E-state index in [0.717, 1.165) is 12.8 Å². The molecule has 0 atom stereocenters. The quantitative estimate of drug-likeness (QED) is 0.803. The van der Waals surface area contributed by atoms with Gasteiger partial charge in [-0.1, -0.05) is 31.1 Å². The van der Waals surface area contributed by atoms with Gasteiger partial charge in [0, 0.05) is 13.7 Å². The van der Waals surface area contributed by atoms with Crippen LogP contribution >= 0.6 is 0 Å². The van der Waals surface area contributed by atoms with E-state index in [-0.39, 0.29) is 11.5 Å². The SMILES string of the molecule is CCC(CC)(CNC(=O)c1cnoc1-c1ccccc1OC)OC. The fourth-order valence-electron chi connectivity index (χ4n) is 2.63. The van der Waals surface area contributed by atoms with E-state index in [4.69, 9.17) is 14.0 Å². The van der Waals surface area contributed by atoms with Crippen molar-refractivity contribution in [2.24, 2.45) is 0 Å². The lowest BCUT2D eigenvalue weighted by Crippen LogP contribution is -2.43. The van der Waals surface area contributed by atoms with Gasteiger partial charge in [0.25, 0.3) is 5.91 Å². The maximum Gasteiger partial charge on any atom is 0.257 e. The van der Waals surface area contributed by atoms with E-state index < -0.39 is 0 Å². The van der Waals surface area contributed by atoms with Crippen LogP contribution in [0.15, 0.2) is 35.0 Å². The molecule has 1 aromatic heterocycles. The summed E-state index contributed by atoms with van der Waals surface area (Å²) in [6, 6.07) is 7.34. The number of carbonyl (C=O) groups is 1. The van der Waals surface area contributed by atoms with Gasteiger partial charge in [-0.25, -0.2) is 0 Å². The second kappa shape index (κ2) is 7.97. The zero-order valence-electron chi connectivity index (χ0n) is 14.6. The van der Waals surface area contributed by atoms with Gasteiger partial charge in [0.1, 0.15) is 11.3 Å². The number of nitrogens with one attached hydrogen (secondary N) is 1. The van der Waals surface area contributed by atoms with Crippen molar-refractivity contribution < 1.29 is 18.8 Å². The Labute approximate surface area is 142 Å². The third-order valence-electron chi connectivity index (χ3n) is 4.46. The summed E-state index contributed by atoms with van der Waals surface area (Å²) < 4.78 is 16.2. The molecule has 0 unspecified atom stereocenters. The van der Waals surface area contributed by atoms with Gasteiger partial charge in [-0.2, -0.15) is 0 Å². The van der Waals surface area contributed by atoms with E-state index in [9.17, 15) is 4.79 Å². The Kier molecular flexibility index (Phi) is 5.98. The predicted octanol–water partition coefficient (Wildman–Crippen LogP) is 3.29. The zero-order chi connectivity index (χ0) is 17.6. The lowest BCUT2D eigenvalue weighted by molar-refractivity contribution is -0.0147. The highest BCUT2D eigenvalue weighted by atomic mass is 16.5. The van der Waals surface area contributed by atoms with Crippen molar-refractivity contribution in [2.75, 3.05) is 20.8 Å². The molecular formula is C18H24N2O4. The fourth-order valence-corrected chi connectivity index (χ4v) is 2.63. The van der Waals surface area contributed by atoms with E-state index in [1.54, 1.807) is 14.2 Å². The first-order valence-electron chi connectivity index (χ1n) is 8.02. The minimum Gasteiger partial charge on any atom is -0.496 e. The van der Waals surface area contributed by atoms with Crippen molar-refractivity contribution in [3.63, 3.8) is 0 Å². The summed E-state index contributed by atoms with van der Waals surface area (Å²) in [7, 11) is 3.24. The molecule has 0 saturated carbocycles. The normalized spacial score (nSPS) is 11.3. The Bertz CT molecular complexity index is 669. The van der Waals surface area contributed by atoms with E-state index in [2.05, 4.69) is 10.5 Å². The van der Waals surface area contributed by atoms with Crippen LogP contribution in [-0.2, 0) is 4.74 Å². The Hall–Kier alpha value is -2.34. The Morgan fingerprint density at radius 3 is 2.58 bits per heavy atom. The number of hydrogen-bond donors (Lipinski definition) is 1. The summed E-state index contributed by atoms with van der Waals surface area (Å²) >= 11 is 0. The molecule has 24 heavy (non-hydrogen) atoms. The molecule has 0 aliphatic rings. The number of hydrogen-bond acceptors (Lipinski definition) is 5. The first-order valence-corrected chi connectivity index (χ1v) is 8.02. The van der Waals surface area contributed by atoms with Crippen molar-refractivity contribution in [1.82, 2.24) is 10.5 Å². The number of aromatic nitrogens is 1. The van der Waals surface area contributed by atoms with E-state index in [1.807, 2.05) is 38.1 Å². The maximum absolute atomic E-state index is 12.6. The number of rotatable bonds is 8. The van der Waals surface area contributed by atoms with Crippen LogP contribution in [0.4, 0.5) is 0 Å². The van der Waals surface area contributed by atoms with Crippen molar-refractivity contribution in [3.8, 4) is 17.1 Å². The van der Waals surface area contributed by atoms with Crippen molar-refractivity contribution in [3.05, 3.63) is 36.0 Å². The molecule has 6 nitrogen and oxygen atoms in total. The van der Waals surface area contributed by atoms with Crippen LogP contribution < -0.4 is 10.1 Å². The standard InChI is InChI=1S/C18H24N2O4/c1-5-18(6-2,23-4)12-19-17(21)14-11-20-24-16(14)13-9-7-8-10-15(13)22-3/h7-11H,5-6,12H2,1-4H3,(H,19,21). The van der Waals surface area contributed by atoms with Crippen molar-refractivity contribution >= 4 is 5.91 Å². The van der Waals surface area contributed by atoms with Gasteiger partial charge in [0.2, 0.25) is 0 Å². The van der Waals surface area contributed by atoms with Crippen LogP contribution in [-0.4, -0.2) is 37.4 Å². The number of methoxy groups -OCH3 is 2. The molecule has 0 saturated heterocycles. The number of ether oxygens (including phenoxy) is 2. The van der Waals surface area contributed by atoms with Crippen molar-refractivity contribution in [1.29, 1.82) is 0 Å². The van der Waals surface area contributed by atoms with Gasteiger partial charge in [0.15, 0.2) is 5.76 Å². The van der Waals surface area contributed by atoms with Crippen LogP contribution in [0, 0.1) is 0 Å². The average molecular weight is 332 g/mol. The summed E-state index contributed by atoms with van der Waals surface area (Å²) in [5, 5.41) is 6.70. The lowest BCUT2D eigenvalue weighted by Gasteiger charge is -2.30. The van der Waals surface area contributed by atoms with Crippen LogP contribution in [0.3, 0.4) is 0 Å². The summed E-state index contributed by atoms with van der Waals surface area (Å²) in [6.45, 7) is 4.50. The smallest absolute Gasteiger partial charge is 0.257 e. The van der Waals surface area contributed by atoms with Crippen molar-refractivity contribution in [2.45, 2.75) is 32.3 Å². The minimum atomic E-state index is -0.364. The number of benzene rings is 1. The second-order valence-electron chi connectivity index (χ2n) is 5.55. The van der Waals surface area contributed by atoms with Crippen LogP contribution in [0.25, 0.3) is 11.3 Å². The topological polar surface area (TPSA) is 73.6 Å². The van der Waals surface area contributed by atoms with E-state index in [0.29, 0.717) is 29.2 Å². The molecule has 0 bridgehead atoms. The maximum atomic E-state index is 12.6. The average Bonchev–Trinajstić information content (AvgIpc) is 3.12. The van der Waals surface area contributed by atoms with Gasteiger partial charge < -0.3 is 19.3 Å². The van der Waals surface area contributed by atoms with Crippen LogP contribution in [0.2, 0.25) is 0 Å². The highest BCUT2D eigenvalue weighted by Crippen LogP contribution is 2.32. The molecule has 0 aliphatic heterocycles. The highest BCUT2D eigenvalue weighted by Gasteiger charge is 2.28. The summed E-state index contributed by atoms with van der Waals surface area (Å²) in [5.41, 5.74) is 0.695. The molecule has 0 radical (unpaired) electrons. The Morgan fingerprint density at radius 2 is 1.96 bits per heavy atom. The molecule has 0 aliphatic carbocycles. The molecule has 2 aromatic rings.